The van der Waals surface area contributed by atoms with Gasteiger partial charge in [0.05, 0.1) is 0 Å². The van der Waals surface area contributed by atoms with Gasteiger partial charge in [-0.15, -0.1) is 0 Å². The molecule has 3 aromatic carbocycles. The molecule has 0 bridgehead atoms. The van der Waals surface area contributed by atoms with Crippen molar-refractivity contribution in [1.29, 1.82) is 0 Å². The first-order valence-electron chi connectivity index (χ1n) is 15.3. The van der Waals surface area contributed by atoms with Gasteiger partial charge in [0.2, 0.25) is 0 Å². The fraction of sp³-hybridized carbons (Fsp3) is 0.289. The van der Waals surface area contributed by atoms with Gasteiger partial charge < -0.3 is 0 Å². The zero-order valence-electron chi connectivity index (χ0n) is 23.9. The van der Waals surface area contributed by atoms with Crippen LogP contribution in [0.15, 0.2) is 128 Å². The minimum atomic E-state index is -2.27. The van der Waals surface area contributed by atoms with Crippen LogP contribution in [0.2, 0.25) is 13.7 Å². The number of nitrogens with one attached hydrogen (secondary N) is 1. The Balaban J connectivity index is 0.000000164. The van der Waals surface area contributed by atoms with Crippen LogP contribution >= 0.6 is 0 Å². The van der Waals surface area contributed by atoms with Gasteiger partial charge in [0.25, 0.3) is 0 Å². The van der Waals surface area contributed by atoms with Crippen LogP contribution in [0.4, 0.5) is 0 Å². The van der Waals surface area contributed by atoms with Gasteiger partial charge in [-0.3, -0.25) is 0 Å². The van der Waals surface area contributed by atoms with Crippen molar-refractivity contribution in [2.24, 2.45) is 23.7 Å². The Labute approximate surface area is 249 Å². The maximum atomic E-state index is 12.9. The number of fused-ring (bicyclic) bond motifs is 3. The van der Waals surface area contributed by atoms with Crippen LogP contribution in [0.25, 0.3) is 11.1 Å². The SMILES string of the molecule is C=C(C(=C)c1ccccc1)c1ccccc1.O=C([NH][Ti]1([CH]2C3C=CC=CC3C3CCCCC32)[CH2][CH2]1)c1ccccc1. The molecular formula is C38H41NOTi. The van der Waals surface area contributed by atoms with E-state index in [9.17, 15) is 4.79 Å². The second-order valence-electron chi connectivity index (χ2n) is 12.2. The Morgan fingerprint density at radius 2 is 1.10 bits per heavy atom. The Morgan fingerprint density at radius 3 is 1.61 bits per heavy atom. The third-order valence-corrected chi connectivity index (χ3v) is 16.8. The van der Waals surface area contributed by atoms with E-state index >= 15 is 0 Å². The van der Waals surface area contributed by atoms with E-state index in [2.05, 4.69) is 65.5 Å². The Hall–Kier alpha value is -3.20. The van der Waals surface area contributed by atoms with Crippen LogP contribution in [0, 0.1) is 23.7 Å². The molecule has 1 aliphatic heterocycles. The summed E-state index contributed by atoms with van der Waals surface area (Å²) in [7, 11) is 0. The molecule has 5 atom stereocenters. The van der Waals surface area contributed by atoms with Crippen molar-refractivity contribution in [3.05, 3.63) is 145 Å². The van der Waals surface area contributed by atoms with E-state index < -0.39 is 16.8 Å². The first-order chi connectivity index (χ1) is 20.1. The molecule has 0 radical (unpaired) electrons. The van der Waals surface area contributed by atoms with Crippen molar-refractivity contribution in [2.75, 3.05) is 0 Å². The number of carbonyl (C=O) groups is 1. The first-order valence-corrected chi connectivity index (χ1v) is 19.2. The zero-order chi connectivity index (χ0) is 28.2. The second kappa shape index (κ2) is 12.4. The van der Waals surface area contributed by atoms with Crippen molar-refractivity contribution in [2.45, 2.75) is 39.4 Å². The minimum absolute atomic E-state index is 0.198. The summed E-state index contributed by atoms with van der Waals surface area (Å²) in [5.41, 5.74) is 5.04. The number of hydrogen-bond donors (Lipinski definition) is 1. The van der Waals surface area contributed by atoms with Crippen LogP contribution in [0.3, 0.4) is 0 Å². The summed E-state index contributed by atoms with van der Waals surface area (Å²) in [6.45, 7) is 8.20. The molecule has 3 heteroatoms. The molecule has 2 saturated carbocycles. The molecule has 1 N–H and O–H groups in total. The number of rotatable bonds is 6. The van der Waals surface area contributed by atoms with Gasteiger partial charge in [-0.1, -0.05) is 73.8 Å². The normalized spacial score (nSPS) is 26.5. The van der Waals surface area contributed by atoms with Crippen molar-refractivity contribution >= 4 is 17.1 Å². The van der Waals surface area contributed by atoms with E-state index in [0.717, 1.165) is 49.8 Å². The molecule has 7 rings (SSSR count). The number of amides is 1. The van der Waals surface area contributed by atoms with E-state index in [4.69, 9.17) is 0 Å². The summed E-state index contributed by atoms with van der Waals surface area (Å²) < 4.78 is 7.17. The van der Waals surface area contributed by atoms with Gasteiger partial charge in [0.1, 0.15) is 0 Å². The fourth-order valence-corrected chi connectivity index (χ4v) is 16.2. The quantitative estimate of drug-likeness (QED) is 0.230. The molecule has 1 amide bonds. The Kier molecular flexibility index (Phi) is 8.42. The van der Waals surface area contributed by atoms with Gasteiger partial charge in [-0.2, -0.15) is 0 Å². The van der Waals surface area contributed by atoms with E-state index in [-0.39, 0.29) is 5.91 Å². The van der Waals surface area contributed by atoms with Gasteiger partial charge >= 0.3 is 155 Å². The molecule has 3 aliphatic carbocycles. The van der Waals surface area contributed by atoms with E-state index in [0.29, 0.717) is 5.92 Å². The molecule has 41 heavy (non-hydrogen) atoms. The van der Waals surface area contributed by atoms with Gasteiger partial charge in [0.15, 0.2) is 0 Å². The van der Waals surface area contributed by atoms with Crippen LogP contribution in [-0.4, -0.2) is 5.91 Å². The first kappa shape index (κ1) is 27.9. The number of allylic oxidation sites excluding steroid dienone is 6. The predicted molar refractivity (Wildman–Crippen MR) is 169 cm³/mol. The third kappa shape index (κ3) is 5.92. The maximum absolute atomic E-state index is 12.9. The molecule has 1 saturated heterocycles. The summed E-state index contributed by atoms with van der Waals surface area (Å²) in [6, 6.07) is 30.1. The van der Waals surface area contributed by atoms with Crippen molar-refractivity contribution in [1.82, 2.24) is 3.80 Å². The molecule has 2 nitrogen and oxygen atoms in total. The van der Waals surface area contributed by atoms with Gasteiger partial charge in [0, 0.05) is 0 Å². The molecule has 0 spiro atoms. The summed E-state index contributed by atoms with van der Waals surface area (Å²) in [6.07, 6.45) is 15.1. The van der Waals surface area contributed by atoms with Gasteiger partial charge in [-0.05, 0) is 22.3 Å². The average molecular weight is 576 g/mol. The van der Waals surface area contributed by atoms with Gasteiger partial charge in [-0.25, -0.2) is 0 Å². The molecule has 0 aromatic heterocycles. The predicted octanol–water partition coefficient (Wildman–Crippen LogP) is 9.72. The van der Waals surface area contributed by atoms with Crippen LogP contribution in [-0.2, 0) is 16.8 Å². The van der Waals surface area contributed by atoms with Crippen LogP contribution in [0.5, 0.6) is 0 Å². The zero-order valence-corrected chi connectivity index (χ0v) is 25.5. The number of carbonyl (C=O) groups excluding carboxylic acids is 1. The molecule has 5 unspecified atom stereocenters. The topological polar surface area (TPSA) is 29.1 Å². The van der Waals surface area contributed by atoms with Crippen LogP contribution < -0.4 is 3.80 Å². The molecule has 3 aromatic rings. The third-order valence-electron chi connectivity index (χ3n) is 9.90. The second-order valence-corrected chi connectivity index (χ2v) is 18.8. The molecule has 1 heterocycles. The Morgan fingerprint density at radius 1 is 0.634 bits per heavy atom. The van der Waals surface area contributed by atoms with Crippen LogP contribution in [0.1, 0.15) is 47.2 Å². The van der Waals surface area contributed by atoms with E-state index in [1.54, 1.807) is 0 Å². The molecule has 4 aliphatic rings. The monoisotopic (exact) mass is 575 g/mol. The summed E-state index contributed by atoms with van der Waals surface area (Å²) in [5.74, 6) is 3.40. The summed E-state index contributed by atoms with van der Waals surface area (Å²) >= 11 is -2.27. The molecule has 208 valence electrons. The summed E-state index contributed by atoms with van der Waals surface area (Å²) in [5, 5.41) is 0. The fourth-order valence-electron chi connectivity index (χ4n) is 7.80. The van der Waals surface area contributed by atoms with Crippen molar-refractivity contribution < 1.29 is 21.6 Å². The average Bonchev–Trinajstić information content (AvgIpc) is 3.73. The Bertz CT molecular complexity index is 1390. The van der Waals surface area contributed by atoms with Crippen molar-refractivity contribution in [3.8, 4) is 0 Å². The summed E-state index contributed by atoms with van der Waals surface area (Å²) in [4.78, 5) is 12.9. The molecule has 3 fully saturated rings. The van der Waals surface area contributed by atoms with Crippen molar-refractivity contribution in [3.63, 3.8) is 0 Å². The number of benzene rings is 3. The van der Waals surface area contributed by atoms with E-state index in [1.165, 1.54) is 35.1 Å². The standard InChI is InChI=1S/C16H14.C13H17.C7H7NO.C2H4.Ti/c1-13(15-9-5-3-6-10-15)14(2)16-11-7-4-8-12-16;1-3-7-12-10(5-1)9-11-6-2-4-8-13(11)12;8-7(9)6-4-2-1-3-5-6;1-2;/h3-12H,1-2H2;1,3,5,7,9-13H,2,4,6,8H2;1-5H,(H2,8,9);1-2H2;/q;;;;+1/p-1. The van der Waals surface area contributed by atoms with E-state index in [1.807, 2.05) is 66.7 Å². The number of hydrogen-bond acceptors (Lipinski definition) is 1. The molecular weight excluding hydrogens is 534 g/mol.